The number of benzene rings is 2. The normalized spacial score (nSPS) is 11.9. The quantitative estimate of drug-likeness (QED) is 0.879. The second kappa shape index (κ2) is 6.88. The van der Waals surface area contributed by atoms with Gasteiger partial charge in [-0.3, -0.25) is 4.79 Å². The van der Waals surface area contributed by atoms with Crippen LogP contribution in [-0.2, 0) is 4.79 Å². The Bertz CT molecular complexity index is 604. The number of nitrogens with one attached hydrogen (secondary N) is 1. The van der Waals surface area contributed by atoms with Gasteiger partial charge in [-0.1, -0.05) is 41.9 Å². The van der Waals surface area contributed by atoms with Crippen molar-refractivity contribution in [3.63, 3.8) is 0 Å². The Morgan fingerprint density at radius 3 is 2.55 bits per heavy atom. The van der Waals surface area contributed by atoms with Crippen LogP contribution in [0.5, 0.6) is 0 Å². The smallest absolute Gasteiger partial charge is 0.233 e. The average molecular weight is 354 g/mol. The standard InChI is InChI=1S/C15H14BrClN2O/c16-13-7-6-11(8-14(13)17)19-15(20)12(9-18)10-4-2-1-3-5-10/h1-8,12H,9,18H2,(H,19,20). The number of rotatable bonds is 4. The lowest BCUT2D eigenvalue weighted by atomic mass is 9.98. The van der Waals surface area contributed by atoms with Crippen LogP contribution in [0.15, 0.2) is 53.0 Å². The number of hydrogen-bond donors (Lipinski definition) is 2. The van der Waals surface area contributed by atoms with E-state index < -0.39 is 0 Å². The summed E-state index contributed by atoms with van der Waals surface area (Å²) in [5, 5.41) is 3.38. The first-order valence-electron chi connectivity index (χ1n) is 6.12. The van der Waals surface area contributed by atoms with Crippen molar-refractivity contribution in [2.24, 2.45) is 5.73 Å². The van der Waals surface area contributed by atoms with Crippen LogP contribution >= 0.6 is 27.5 Å². The molecular formula is C15H14BrClN2O. The lowest BCUT2D eigenvalue weighted by molar-refractivity contribution is -0.117. The van der Waals surface area contributed by atoms with Crippen molar-refractivity contribution in [1.82, 2.24) is 0 Å². The van der Waals surface area contributed by atoms with Crippen LogP contribution in [0.2, 0.25) is 5.02 Å². The fourth-order valence-corrected chi connectivity index (χ4v) is 2.31. The first-order chi connectivity index (χ1) is 9.61. The summed E-state index contributed by atoms with van der Waals surface area (Å²) in [4.78, 5) is 12.3. The molecule has 0 aliphatic heterocycles. The second-order valence-electron chi connectivity index (χ2n) is 4.32. The van der Waals surface area contributed by atoms with Crippen molar-refractivity contribution in [3.8, 4) is 0 Å². The van der Waals surface area contributed by atoms with E-state index in [1.165, 1.54) is 0 Å². The van der Waals surface area contributed by atoms with Crippen LogP contribution in [-0.4, -0.2) is 12.5 Å². The number of anilines is 1. The van der Waals surface area contributed by atoms with Crippen molar-refractivity contribution >= 4 is 39.1 Å². The molecule has 0 bridgehead atoms. The van der Waals surface area contributed by atoms with Gasteiger partial charge in [0.1, 0.15) is 0 Å². The van der Waals surface area contributed by atoms with E-state index in [0.29, 0.717) is 10.7 Å². The summed E-state index contributed by atoms with van der Waals surface area (Å²) in [5.41, 5.74) is 7.27. The van der Waals surface area contributed by atoms with Gasteiger partial charge in [0.25, 0.3) is 0 Å². The molecule has 0 aliphatic carbocycles. The summed E-state index contributed by atoms with van der Waals surface area (Å²) in [5.74, 6) is -0.518. The van der Waals surface area contributed by atoms with E-state index in [0.717, 1.165) is 10.0 Å². The number of amides is 1. The lowest BCUT2D eigenvalue weighted by Crippen LogP contribution is -2.27. The molecule has 5 heteroatoms. The Labute approximate surface area is 131 Å². The zero-order valence-electron chi connectivity index (χ0n) is 10.6. The second-order valence-corrected chi connectivity index (χ2v) is 5.58. The first kappa shape index (κ1) is 15.0. The van der Waals surface area contributed by atoms with E-state index >= 15 is 0 Å². The van der Waals surface area contributed by atoms with Crippen molar-refractivity contribution in [1.29, 1.82) is 0 Å². The SMILES string of the molecule is NCC(C(=O)Nc1ccc(Br)c(Cl)c1)c1ccccc1. The zero-order chi connectivity index (χ0) is 14.5. The van der Waals surface area contributed by atoms with E-state index in [1.807, 2.05) is 30.3 Å². The minimum absolute atomic E-state index is 0.142. The molecule has 2 rings (SSSR count). The van der Waals surface area contributed by atoms with Gasteiger partial charge in [-0.2, -0.15) is 0 Å². The summed E-state index contributed by atoms with van der Waals surface area (Å²) in [6.07, 6.45) is 0. The number of carbonyl (C=O) groups excluding carboxylic acids is 1. The van der Waals surface area contributed by atoms with Crippen molar-refractivity contribution in [2.45, 2.75) is 5.92 Å². The molecule has 20 heavy (non-hydrogen) atoms. The molecule has 1 atom stereocenters. The number of carbonyl (C=O) groups is 1. The van der Waals surface area contributed by atoms with Gasteiger partial charge in [-0.05, 0) is 39.7 Å². The van der Waals surface area contributed by atoms with Crippen molar-refractivity contribution in [2.75, 3.05) is 11.9 Å². The Hall–Kier alpha value is -1.36. The topological polar surface area (TPSA) is 55.1 Å². The molecule has 1 unspecified atom stereocenters. The Morgan fingerprint density at radius 2 is 1.95 bits per heavy atom. The number of halogens is 2. The molecule has 0 aliphatic rings. The van der Waals surface area contributed by atoms with Gasteiger partial charge in [0.05, 0.1) is 10.9 Å². The van der Waals surface area contributed by atoms with E-state index in [2.05, 4.69) is 21.2 Å². The van der Waals surface area contributed by atoms with Crippen LogP contribution in [0, 0.1) is 0 Å². The van der Waals surface area contributed by atoms with Crippen molar-refractivity contribution < 1.29 is 4.79 Å². The molecule has 0 radical (unpaired) electrons. The number of hydrogen-bond acceptors (Lipinski definition) is 2. The Kier molecular flexibility index (Phi) is 5.17. The number of nitrogens with two attached hydrogens (primary N) is 1. The Morgan fingerprint density at radius 1 is 1.25 bits per heavy atom. The molecule has 3 nitrogen and oxygen atoms in total. The van der Waals surface area contributed by atoms with Crippen LogP contribution in [0.25, 0.3) is 0 Å². The van der Waals surface area contributed by atoms with Gasteiger partial charge < -0.3 is 11.1 Å². The molecule has 104 valence electrons. The predicted octanol–water partition coefficient (Wildman–Crippen LogP) is 3.78. The van der Waals surface area contributed by atoms with Gasteiger partial charge in [0.2, 0.25) is 5.91 Å². The van der Waals surface area contributed by atoms with E-state index in [9.17, 15) is 4.79 Å². The van der Waals surface area contributed by atoms with Gasteiger partial charge in [-0.15, -0.1) is 0 Å². The van der Waals surface area contributed by atoms with Crippen LogP contribution in [0.4, 0.5) is 5.69 Å². The maximum Gasteiger partial charge on any atom is 0.233 e. The molecule has 0 heterocycles. The highest BCUT2D eigenvalue weighted by Gasteiger charge is 2.19. The first-order valence-corrected chi connectivity index (χ1v) is 7.30. The van der Waals surface area contributed by atoms with Gasteiger partial charge in [0, 0.05) is 16.7 Å². The largest absolute Gasteiger partial charge is 0.329 e. The molecule has 0 saturated carbocycles. The molecule has 0 aromatic heterocycles. The monoisotopic (exact) mass is 352 g/mol. The molecule has 2 aromatic rings. The highest BCUT2D eigenvalue weighted by molar-refractivity contribution is 9.10. The van der Waals surface area contributed by atoms with Gasteiger partial charge in [0.15, 0.2) is 0 Å². The van der Waals surface area contributed by atoms with E-state index in [4.69, 9.17) is 17.3 Å². The Balaban J connectivity index is 2.15. The summed E-state index contributed by atoms with van der Waals surface area (Å²) in [6.45, 7) is 0.250. The van der Waals surface area contributed by atoms with Gasteiger partial charge in [-0.25, -0.2) is 0 Å². The predicted molar refractivity (Wildman–Crippen MR) is 86.0 cm³/mol. The summed E-state index contributed by atoms with van der Waals surface area (Å²) in [7, 11) is 0. The third-order valence-electron chi connectivity index (χ3n) is 2.94. The lowest BCUT2D eigenvalue weighted by Gasteiger charge is -2.15. The molecule has 0 fully saturated rings. The molecule has 1 amide bonds. The van der Waals surface area contributed by atoms with Crippen molar-refractivity contribution in [3.05, 3.63) is 63.6 Å². The van der Waals surface area contributed by atoms with Crippen LogP contribution in [0.3, 0.4) is 0 Å². The maximum absolute atomic E-state index is 12.3. The summed E-state index contributed by atoms with van der Waals surface area (Å²) >= 11 is 9.32. The maximum atomic E-state index is 12.3. The third kappa shape index (κ3) is 3.60. The minimum atomic E-state index is -0.376. The van der Waals surface area contributed by atoms with E-state index in [-0.39, 0.29) is 18.4 Å². The zero-order valence-corrected chi connectivity index (χ0v) is 13.0. The average Bonchev–Trinajstić information content (AvgIpc) is 2.45. The molecule has 0 saturated heterocycles. The summed E-state index contributed by atoms with van der Waals surface area (Å²) < 4.78 is 0.788. The minimum Gasteiger partial charge on any atom is -0.329 e. The third-order valence-corrected chi connectivity index (χ3v) is 4.17. The van der Waals surface area contributed by atoms with E-state index in [1.54, 1.807) is 18.2 Å². The van der Waals surface area contributed by atoms with Gasteiger partial charge >= 0.3 is 0 Å². The highest BCUT2D eigenvalue weighted by atomic mass is 79.9. The molecule has 2 aromatic carbocycles. The molecule has 3 N–H and O–H groups in total. The van der Waals surface area contributed by atoms with Crippen LogP contribution < -0.4 is 11.1 Å². The molecule has 0 spiro atoms. The highest BCUT2D eigenvalue weighted by Crippen LogP contribution is 2.26. The molecular weight excluding hydrogens is 340 g/mol. The fourth-order valence-electron chi connectivity index (χ4n) is 1.88. The summed E-state index contributed by atoms with van der Waals surface area (Å²) in [6, 6.07) is 14.7. The van der Waals surface area contributed by atoms with Crippen LogP contribution in [0.1, 0.15) is 11.5 Å². The fraction of sp³-hybridized carbons (Fsp3) is 0.133.